The first kappa shape index (κ1) is 16.6. The fraction of sp³-hybridized carbons (Fsp3) is 0.417. The highest BCUT2D eigenvalue weighted by atomic mass is 35.5. The predicted molar refractivity (Wildman–Crippen MR) is 66.8 cm³/mol. The Morgan fingerprint density at radius 2 is 2.10 bits per heavy atom. The zero-order valence-corrected chi connectivity index (χ0v) is 11.2. The lowest BCUT2D eigenvalue weighted by Gasteiger charge is -2.15. The van der Waals surface area contributed by atoms with Crippen molar-refractivity contribution >= 4 is 23.2 Å². The molecule has 0 aliphatic carbocycles. The third kappa shape index (κ3) is 4.00. The maximum atomic E-state index is 12.8. The summed E-state index contributed by atoms with van der Waals surface area (Å²) in [4.78, 5) is 11.0. The number of carbonyl (C=O) groups excluding carboxylic acids is 1. The van der Waals surface area contributed by atoms with Gasteiger partial charge in [-0.25, -0.2) is 8.78 Å². The largest absolute Gasteiger partial charge is 0.492 e. The van der Waals surface area contributed by atoms with Crippen molar-refractivity contribution in [2.45, 2.75) is 25.7 Å². The van der Waals surface area contributed by atoms with E-state index in [1.165, 1.54) is 12.1 Å². The highest BCUT2D eigenvalue weighted by Gasteiger charge is 2.48. The maximum Gasteiger partial charge on any atom is 0.383 e. The molecular weight excluding hydrogens is 302 g/mol. The minimum atomic E-state index is -4.76. The highest BCUT2D eigenvalue weighted by Crippen LogP contribution is 2.29. The van der Waals surface area contributed by atoms with Crippen molar-refractivity contribution in [2.24, 2.45) is 0 Å². The molecule has 0 fully saturated rings. The Labute approximate surface area is 117 Å². The van der Waals surface area contributed by atoms with Crippen LogP contribution < -0.4 is 10.1 Å². The van der Waals surface area contributed by atoms with E-state index in [4.69, 9.17) is 16.3 Å². The van der Waals surface area contributed by atoms with Crippen LogP contribution in [0.15, 0.2) is 18.2 Å². The van der Waals surface area contributed by atoms with E-state index in [1.54, 1.807) is 5.32 Å². The molecule has 112 valence electrons. The molecule has 1 aromatic carbocycles. The molecule has 3 nitrogen and oxygen atoms in total. The number of hydrogen-bond acceptors (Lipinski definition) is 2. The minimum Gasteiger partial charge on any atom is -0.492 e. The van der Waals surface area contributed by atoms with Gasteiger partial charge in [-0.1, -0.05) is 18.5 Å². The Hall–Kier alpha value is -1.50. The van der Waals surface area contributed by atoms with E-state index in [0.717, 1.165) is 12.5 Å². The number of rotatable bonds is 6. The molecule has 0 aliphatic rings. The van der Waals surface area contributed by atoms with Crippen molar-refractivity contribution in [1.82, 2.24) is 0 Å². The monoisotopic (exact) mass is 313 g/mol. The third-order valence-electron chi connectivity index (χ3n) is 2.23. The van der Waals surface area contributed by atoms with Gasteiger partial charge in [-0.3, -0.25) is 4.79 Å². The second-order valence-electron chi connectivity index (χ2n) is 3.87. The summed E-state index contributed by atoms with van der Waals surface area (Å²) >= 11 is 5.81. The van der Waals surface area contributed by atoms with Gasteiger partial charge in [0.15, 0.2) is 0 Å². The van der Waals surface area contributed by atoms with Gasteiger partial charge in [0.1, 0.15) is 5.75 Å². The number of nitrogens with one attached hydrogen (secondary N) is 1. The molecule has 0 radical (unpaired) electrons. The van der Waals surface area contributed by atoms with Crippen LogP contribution in [0.5, 0.6) is 5.75 Å². The fourth-order valence-corrected chi connectivity index (χ4v) is 1.46. The summed E-state index contributed by atoms with van der Waals surface area (Å²) in [6.07, 6.45) is -3.33. The third-order valence-corrected chi connectivity index (χ3v) is 2.52. The summed E-state index contributed by atoms with van der Waals surface area (Å²) in [5.41, 5.74) is -0.121. The summed E-state index contributed by atoms with van der Waals surface area (Å²) in [5, 5.41) is 1.76. The lowest BCUT2D eigenvalue weighted by molar-refractivity contribution is -0.163. The lowest BCUT2D eigenvalue weighted by atomic mass is 10.2. The van der Waals surface area contributed by atoms with Crippen LogP contribution in [0.3, 0.4) is 0 Å². The minimum absolute atomic E-state index is 0.0802. The molecule has 1 N–H and O–H groups in total. The normalized spacial score (nSPS) is 11.6. The van der Waals surface area contributed by atoms with E-state index in [-0.39, 0.29) is 10.7 Å². The molecule has 1 amide bonds. The van der Waals surface area contributed by atoms with E-state index < -0.39 is 18.3 Å². The molecule has 0 spiro atoms. The van der Waals surface area contributed by atoms with Crippen molar-refractivity contribution in [1.29, 1.82) is 0 Å². The van der Waals surface area contributed by atoms with Crippen LogP contribution in [0.2, 0.25) is 5.02 Å². The molecule has 8 heteroatoms. The van der Waals surface area contributed by atoms with Crippen molar-refractivity contribution in [3.8, 4) is 5.75 Å². The Balaban J connectivity index is 2.79. The summed E-state index contributed by atoms with van der Waals surface area (Å²) in [5.74, 6) is -6.54. The van der Waals surface area contributed by atoms with Crippen LogP contribution in [-0.4, -0.2) is 24.9 Å². The maximum absolute atomic E-state index is 12.8. The summed E-state index contributed by atoms with van der Waals surface area (Å²) in [6, 6.07) is 3.73. The number of benzene rings is 1. The first-order valence-corrected chi connectivity index (χ1v) is 6.06. The van der Waals surface area contributed by atoms with E-state index >= 15 is 0 Å². The first-order chi connectivity index (χ1) is 9.28. The molecule has 0 saturated carbocycles. The zero-order valence-electron chi connectivity index (χ0n) is 10.4. The smallest absolute Gasteiger partial charge is 0.383 e. The average Bonchev–Trinajstić information content (AvgIpc) is 2.37. The lowest BCUT2D eigenvalue weighted by Crippen LogP contribution is -2.40. The van der Waals surface area contributed by atoms with E-state index in [1.807, 2.05) is 6.92 Å². The molecule has 1 aromatic rings. The van der Waals surface area contributed by atoms with Crippen LogP contribution >= 0.6 is 11.6 Å². The van der Waals surface area contributed by atoms with Gasteiger partial charge < -0.3 is 10.1 Å². The average molecular weight is 314 g/mol. The quantitative estimate of drug-likeness (QED) is 0.807. The van der Waals surface area contributed by atoms with Crippen molar-refractivity contribution in [3.63, 3.8) is 0 Å². The van der Waals surface area contributed by atoms with E-state index in [0.29, 0.717) is 12.4 Å². The van der Waals surface area contributed by atoms with Crippen LogP contribution in [0.1, 0.15) is 13.3 Å². The van der Waals surface area contributed by atoms with Gasteiger partial charge >= 0.3 is 18.3 Å². The number of halogens is 5. The standard InChI is InChI=1S/C12H12ClF4NO2/c1-2-5-20-9-4-3-7(6-8(9)13)18-11(19)12(16,17)10(14)15/h3-4,6,10H,2,5H2,1H3,(H,18,19). The molecule has 0 bridgehead atoms. The Morgan fingerprint density at radius 1 is 1.45 bits per heavy atom. The van der Waals surface area contributed by atoms with Gasteiger partial charge in [-0.2, -0.15) is 8.78 Å². The number of anilines is 1. The summed E-state index contributed by atoms with van der Waals surface area (Å²) in [6.45, 7) is 2.30. The van der Waals surface area contributed by atoms with Gasteiger partial charge in [-0.05, 0) is 24.6 Å². The van der Waals surface area contributed by atoms with Gasteiger partial charge in [0.05, 0.1) is 11.6 Å². The molecule has 0 unspecified atom stereocenters. The molecule has 0 heterocycles. The second kappa shape index (κ2) is 6.78. The number of amides is 1. The van der Waals surface area contributed by atoms with Crippen LogP contribution in [0, 0.1) is 0 Å². The zero-order chi connectivity index (χ0) is 15.3. The van der Waals surface area contributed by atoms with Crippen LogP contribution in [-0.2, 0) is 4.79 Å². The van der Waals surface area contributed by atoms with Crippen molar-refractivity contribution in [3.05, 3.63) is 23.2 Å². The van der Waals surface area contributed by atoms with Gasteiger partial charge in [0.25, 0.3) is 0 Å². The van der Waals surface area contributed by atoms with Gasteiger partial charge in [-0.15, -0.1) is 0 Å². The SMILES string of the molecule is CCCOc1ccc(NC(=O)C(F)(F)C(F)F)cc1Cl. The summed E-state index contributed by atoms with van der Waals surface area (Å²) < 4.78 is 54.7. The molecule has 0 atom stereocenters. The Bertz CT molecular complexity index is 483. The molecule has 20 heavy (non-hydrogen) atoms. The molecule has 0 saturated heterocycles. The number of hydrogen-bond donors (Lipinski definition) is 1. The van der Waals surface area contributed by atoms with Gasteiger partial charge in [0.2, 0.25) is 0 Å². The van der Waals surface area contributed by atoms with E-state index in [9.17, 15) is 22.4 Å². The Morgan fingerprint density at radius 3 is 2.60 bits per heavy atom. The molecule has 1 rings (SSSR count). The van der Waals surface area contributed by atoms with Crippen LogP contribution in [0.4, 0.5) is 23.2 Å². The number of ether oxygens (including phenoxy) is 1. The first-order valence-electron chi connectivity index (χ1n) is 5.68. The van der Waals surface area contributed by atoms with Crippen LogP contribution in [0.25, 0.3) is 0 Å². The predicted octanol–water partition coefficient (Wildman–Crippen LogP) is 3.97. The highest BCUT2D eigenvalue weighted by molar-refractivity contribution is 6.32. The number of carbonyl (C=O) groups is 1. The fourth-order valence-electron chi connectivity index (χ4n) is 1.22. The van der Waals surface area contributed by atoms with Gasteiger partial charge in [0, 0.05) is 5.69 Å². The van der Waals surface area contributed by atoms with Crippen molar-refractivity contribution in [2.75, 3.05) is 11.9 Å². The second-order valence-corrected chi connectivity index (χ2v) is 4.28. The number of alkyl halides is 4. The van der Waals surface area contributed by atoms with E-state index in [2.05, 4.69) is 0 Å². The van der Waals surface area contributed by atoms with Crippen molar-refractivity contribution < 1.29 is 27.1 Å². The topological polar surface area (TPSA) is 38.3 Å². The molecule has 0 aliphatic heterocycles. The Kier molecular flexibility index (Phi) is 5.62. The molecular formula is C12H12ClF4NO2. The molecule has 0 aromatic heterocycles. The summed E-state index contributed by atoms with van der Waals surface area (Å²) in [7, 11) is 0.